The lowest BCUT2D eigenvalue weighted by molar-refractivity contribution is 0.0134. The van der Waals surface area contributed by atoms with Crippen molar-refractivity contribution in [2.45, 2.75) is 64.3 Å². The third-order valence-electron chi connectivity index (χ3n) is 3.71. The van der Waals surface area contributed by atoms with Gasteiger partial charge in [0.25, 0.3) is 10.1 Å². The second-order valence-electron chi connectivity index (χ2n) is 7.45. The number of ether oxygens (including phenoxy) is 1. The summed E-state index contributed by atoms with van der Waals surface area (Å²) in [6.45, 7) is 8.31. The van der Waals surface area contributed by atoms with E-state index in [0.717, 1.165) is 32.2 Å². The van der Waals surface area contributed by atoms with Crippen molar-refractivity contribution in [1.29, 1.82) is 0 Å². The molecule has 0 unspecified atom stereocenters. The van der Waals surface area contributed by atoms with Gasteiger partial charge in [-0.05, 0) is 59.5 Å². The third kappa shape index (κ3) is 10.6. The van der Waals surface area contributed by atoms with Crippen LogP contribution in [0.25, 0.3) is 0 Å². The Kier molecular flexibility index (Phi) is 8.59. The van der Waals surface area contributed by atoms with E-state index in [2.05, 4.69) is 5.32 Å². The SMILES string of the molecule is CC(C)(C)OC(=O)N1CCC(OS(C)(=O)=O)CC1.OC1CCNCC1. The number of piperidine rings is 2. The second kappa shape index (κ2) is 9.70. The fourth-order valence-electron chi connectivity index (χ4n) is 2.51. The van der Waals surface area contributed by atoms with Crippen LogP contribution in [0, 0.1) is 0 Å². The monoisotopic (exact) mass is 380 g/mol. The van der Waals surface area contributed by atoms with Gasteiger partial charge in [-0.3, -0.25) is 4.18 Å². The first-order valence-corrected chi connectivity index (χ1v) is 10.5. The van der Waals surface area contributed by atoms with E-state index in [1.165, 1.54) is 0 Å². The van der Waals surface area contributed by atoms with Crippen molar-refractivity contribution < 1.29 is 27.2 Å². The van der Waals surface area contributed by atoms with E-state index in [1.807, 2.05) is 20.8 Å². The number of carbonyl (C=O) groups excluding carboxylic acids is 1. The Morgan fingerprint density at radius 3 is 2.00 bits per heavy atom. The standard InChI is InChI=1S/C11H21NO5S.C5H11NO/c1-11(2,3)16-10(13)12-7-5-9(6-8-12)17-18(4,14)15;7-5-1-3-6-4-2-5/h9H,5-8H2,1-4H3;5-7H,1-4H2. The summed E-state index contributed by atoms with van der Waals surface area (Å²) in [6, 6.07) is 0. The van der Waals surface area contributed by atoms with Crippen LogP contribution in [0.3, 0.4) is 0 Å². The Hall–Kier alpha value is -0.900. The van der Waals surface area contributed by atoms with Crippen LogP contribution in [0.1, 0.15) is 46.5 Å². The first kappa shape index (κ1) is 22.1. The first-order chi connectivity index (χ1) is 11.5. The van der Waals surface area contributed by atoms with E-state index < -0.39 is 15.7 Å². The molecule has 0 aromatic rings. The molecule has 0 atom stereocenters. The summed E-state index contributed by atoms with van der Waals surface area (Å²) in [5.41, 5.74) is -0.517. The Morgan fingerprint density at radius 1 is 1.12 bits per heavy atom. The van der Waals surface area contributed by atoms with Crippen LogP contribution in [-0.4, -0.2) is 74.8 Å². The summed E-state index contributed by atoms with van der Waals surface area (Å²) in [5, 5.41) is 12.0. The number of likely N-dealkylation sites (tertiary alicyclic amines) is 1. The molecule has 2 rings (SSSR count). The number of amides is 1. The van der Waals surface area contributed by atoms with E-state index >= 15 is 0 Å². The lowest BCUT2D eigenvalue weighted by Crippen LogP contribution is -2.43. The van der Waals surface area contributed by atoms with Gasteiger partial charge in [-0.25, -0.2) is 4.79 Å². The maximum atomic E-state index is 11.8. The van der Waals surface area contributed by atoms with Crippen LogP contribution in [0.5, 0.6) is 0 Å². The van der Waals surface area contributed by atoms with E-state index in [9.17, 15) is 13.2 Å². The average molecular weight is 381 g/mol. The zero-order chi connectivity index (χ0) is 19.1. The Labute approximate surface area is 151 Å². The number of hydrogen-bond acceptors (Lipinski definition) is 7. The van der Waals surface area contributed by atoms with Crippen LogP contribution in [0.15, 0.2) is 0 Å². The maximum absolute atomic E-state index is 11.8. The van der Waals surface area contributed by atoms with E-state index in [0.29, 0.717) is 25.9 Å². The summed E-state index contributed by atoms with van der Waals surface area (Å²) >= 11 is 0. The van der Waals surface area contributed by atoms with Gasteiger partial charge in [-0.15, -0.1) is 0 Å². The summed E-state index contributed by atoms with van der Waals surface area (Å²) in [7, 11) is -3.42. The molecule has 0 saturated carbocycles. The predicted octanol–water partition coefficient (Wildman–Crippen LogP) is 1.09. The molecule has 9 heteroatoms. The highest BCUT2D eigenvalue weighted by Crippen LogP contribution is 2.18. The van der Waals surface area contributed by atoms with Gasteiger partial charge in [0, 0.05) is 13.1 Å². The van der Waals surface area contributed by atoms with Gasteiger partial charge >= 0.3 is 6.09 Å². The molecule has 0 radical (unpaired) electrons. The molecule has 0 aromatic carbocycles. The van der Waals surface area contributed by atoms with E-state index in [1.54, 1.807) is 4.90 Å². The predicted molar refractivity (Wildman–Crippen MR) is 94.9 cm³/mol. The number of rotatable bonds is 2. The van der Waals surface area contributed by atoms with Crippen LogP contribution in [-0.2, 0) is 19.0 Å². The molecule has 8 nitrogen and oxygen atoms in total. The summed E-state index contributed by atoms with van der Waals surface area (Å²) in [6.07, 6.45) is 3.19. The van der Waals surface area contributed by atoms with Crippen molar-refractivity contribution in [2.24, 2.45) is 0 Å². The van der Waals surface area contributed by atoms with Crippen molar-refractivity contribution in [2.75, 3.05) is 32.4 Å². The average Bonchev–Trinajstić information content (AvgIpc) is 2.46. The highest BCUT2D eigenvalue weighted by atomic mass is 32.2. The Bertz CT molecular complexity index is 503. The number of nitrogens with zero attached hydrogens (tertiary/aromatic N) is 1. The molecule has 2 N–H and O–H groups in total. The molecule has 148 valence electrons. The van der Waals surface area contributed by atoms with Gasteiger partial charge in [0.05, 0.1) is 18.5 Å². The van der Waals surface area contributed by atoms with Crippen LogP contribution >= 0.6 is 0 Å². The second-order valence-corrected chi connectivity index (χ2v) is 9.05. The van der Waals surface area contributed by atoms with Crippen molar-refractivity contribution in [1.82, 2.24) is 10.2 Å². The molecule has 2 fully saturated rings. The van der Waals surface area contributed by atoms with Crippen molar-refractivity contribution >= 4 is 16.2 Å². The summed E-state index contributed by atoms with van der Waals surface area (Å²) in [4.78, 5) is 13.3. The number of aliphatic hydroxyl groups is 1. The molecule has 2 aliphatic heterocycles. The van der Waals surface area contributed by atoms with Crippen molar-refractivity contribution in [3.05, 3.63) is 0 Å². The third-order valence-corrected chi connectivity index (χ3v) is 4.33. The van der Waals surface area contributed by atoms with Gasteiger partial charge in [0.15, 0.2) is 0 Å². The van der Waals surface area contributed by atoms with Gasteiger partial charge in [-0.1, -0.05) is 0 Å². The Balaban J connectivity index is 0.000000370. The van der Waals surface area contributed by atoms with Crippen LogP contribution in [0.4, 0.5) is 4.79 Å². The fraction of sp³-hybridized carbons (Fsp3) is 0.938. The number of nitrogens with one attached hydrogen (secondary N) is 1. The summed E-state index contributed by atoms with van der Waals surface area (Å²) < 4.78 is 32.1. The number of hydrogen-bond donors (Lipinski definition) is 2. The lowest BCUT2D eigenvalue weighted by atomic mass is 10.1. The molecule has 0 bridgehead atoms. The largest absolute Gasteiger partial charge is 0.444 e. The number of aliphatic hydroxyl groups excluding tert-OH is 1. The quantitative estimate of drug-likeness (QED) is 0.691. The zero-order valence-corrected chi connectivity index (χ0v) is 16.5. The van der Waals surface area contributed by atoms with Crippen LogP contribution < -0.4 is 5.32 Å². The van der Waals surface area contributed by atoms with Crippen LogP contribution in [0.2, 0.25) is 0 Å². The molecular weight excluding hydrogens is 348 g/mol. The molecular formula is C16H32N2O6S. The highest BCUT2D eigenvalue weighted by molar-refractivity contribution is 7.86. The van der Waals surface area contributed by atoms with Gasteiger partial charge < -0.3 is 20.1 Å². The molecule has 1 amide bonds. The maximum Gasteiger partial charge on any atom is 0.410 e. The first-order valence-electron chi connectivity index (χ1n) is 8.71. The van der Waals surface area contributed by atoms with E-state index in [-0.39, 0.29) is 18.3 Å². The molecule has 25 heavy (non-hydrogen) atoms. The molecule has 2 heterocycles. The summed E-state index contributed by atoms with van der Waals surface area (Å²) in [5.74, 6) is 0. The molecule has 0 aromatic heterocycles. The van der Waals surface area contributed by atoms with Gasteiger partial charge in [0.2, 0.25) is 0 Å². The normalized spacial score (nSPS) is 20.6. The minimum absolute atomic E-state index is 0.0266. The smallest absolute Gasteiger partial charge is 0.410 e. The molecule has 0 spiro atoms. The minimum Gasteiger partial charge on any atom is -0.444 e. The van der Waals surface area contributed by atoms with E-state index in [4.69, 9.17) is 14.0 Å². The fourth-order valence-corrected chi connectivity index (χ4v) is 3.20. The minimum atomic E-state index is -3.42. The van der Waals surface area contributed by atoms with Crippen molar-refractivity contribution in [3.63, 3.8) is 0 Å². The van der Waals surface area contributed by atoms with Gasteiger partial charge in [-0.2, -0.15) is 8.42 Å². The zero-order valence-electron chi connectivity index (χ0n) is 15.7. The lowest BCUT2D eigenvalue weighted by Gasteiger charge is -2.32. The van der Waals surface area contributed by atoms with Crippen molar-refractivity contribution in [3.8, 4) is 0 Å². The van der Waals surface area contributed by atoms with Gasteiger partial charge in [0.1, 0.15) is 5.60 Å². The molecule has 2 aliphatic rings. The topological polar surface area (TPSA) is 105 Å². The highest BCUT2D eigenvalue weighted by Gasteiger charge is 2.28. The molecule has 0 aliphatic carbocycles. The molecule has 2 saturated heterocycles. The number of carbonyl (C=O) groups is 1. The Morgan fingerprint density at radius 2 is 1.64 bits per heavy atom.